The lowest BCUT2D eigenvalue weighted by atomic mass is 10.1. The summed E-state index contributed by atoms with van der Waals surface area (Å²) < 4.78 is 39.2. The predicted octanol–water partition coefficient (Wildman–Crippen LogP) is 3.17. The van der Waals surface area contributed by atoms with Crippen molar-refractivity contribution in [1.82, 2.24) is 0 Å². The number of anilines is 1. The molecule has 102 valence electrons. The van der Waals surface area contributed by atoms with Gasteiger partial charge in [-0.3, -0.25) is 9.59 Å². The van der Waals surface area contributed by atoms with Crippen molar-refractivity contribution in [3.05, 3.63) is 65.0 Å². The molecular formula is C14H8F3NO2. The monoisotopic (exact) mass is 279 g/mol. The Morgan fingerprint density at radius 2 is 1.60 bits per heavy atom. The lowest BCUT2D eigenvalue weighted by Gasteiger charge is -2.07. The summed E-state index contributed by atoms with van der Waals surface area (Å²) in [5.41, 5.74) is 0.0927. The number of hydrogen-bond donors (Lipinski definition) is 1. The van der Waals surface area contributed by atoms with Crippen LogP contribution in [0.2, 0.25) is 0 Å². The third-order valence-electron chi connectivity index (χ3n) is 2.58. The zero-order chi connectivity index (χ0) is 14.7. The Morgan fingerprint density at radius 1 is 0.950 bits per heavy atom. The first-order valence-electron chi connectivity index (χ1n) is 5.53. The summed E-state index contributed by atoms with van der Waals surface area (Å²) >= 11 is 0. The molecule has 0 radical (unpaired) electrons. The van der Waals surface area contributed by atoms with Crippen molar-refractivity contribution in [1.29, 1.82) is 0 Å². The number of benzene rings is 2. The van der Waals surface area contributed by atoms with Crippen LogP contribution in [-0.2, 0) is 0 Å². The second-order valence-corrected chi connectivity index (χ2v) is 3.92. The van der Waals surface area contributed by atoms with Crippen LogP contribution in [0.3, 0.4) is 0 Å². The molecule has 0 saturated heterocycles. The van der Waals surface area contributed by atoms with Gasteiger partial charge in [-0.1, -0.05) is 0 Å². The fourth-order valence-corrected chi connectivity index (χ4v) is 1.54. The standard InChI is InChI=1S/C14H8F3NO2/c15-11-6-5-10(12(16)13(11)17)14(20)18-9-3-1-8(7-19)2-4-9/h1-7H,(H,18,20). The number of rotatable bonds is 3. The van der Waals surface area contributed by atoms with Crippen LogP contribution >= 0.6 is 0 Å². The third-order valence-corrected chi connectivity index (χ3v) is 2.58. The molecule has 3 nitrogen and oxygen atoms in total. The van der Waals surface area contributed by atoms with Gasteiger partial charge in [-0.05, 0) is 36.4 Å². The molecule has 0 atom stereocenters. The van der Waals surface area contributed by atoms with E-state index in [9.17, 15) is 22.8 Å². The first kappa shape index (κ1) is 13.8. The highest BCUT2D eigenvalue weighted by molar-refractivity contribution is 6.04. The van der Waals surface area contributed by atoms with Crippen LogP contribution in [0.1, 0.15) is 20.7 Å². The van der Waals surface area contributed by atoms with Crippen molar-refractivity contribution in [2.24, 2.45) is 0 Å². The molecule has 0 fully saturated rings. The maximum atomic E-state index is 13.4. The molecule has 1 N–H and O–H groups in total. The van der Waals surface area contributed by atoms with E-state index in [-0.39, 0.29) is 0 Å². The van der Waals surface area contributed by atoms with E-state index in [1.807, 2.05) is 0 Å². The molecule has 0 saturated carbocycles. The third kappa shape index (κ3) is 2.69. The van der Waals surface area contributed by atoms with E-state index in [0.717, 1.165) is 6.07 Å². The summed E-state index contributed by atoms with van der Waals surface area (Å²) in [5, 5.41) is 2.31. The maximum absolute atomic E-state index is 13.4. The molecule has 20 heavy (non-hydrogen) atoms. The highest BCUT2D eigenvalue weighted by Gasteiger charge is 2.18. The molecule has 0 heterocycles. The Bertz CT molecular complexity index is 669. The first-order chi connectivity index (χ1) is 9.52. The summed E-state index contributed by atoms with van der Waals surface area (Å²) in [5.74, 6) is -5.53. The van der Waals surface area contributed by atoms with E-state index in [2.05, 4.69) is 5.32 Å². The van der Waals surface area contributed by atoms with Gasteiger partial charge in [0.25, 0.3) is 5.91 Å². The molecule has 0 aromatic heterocycles. The van der Waals surface area contributed by atoms with Gasteiger partial charge in [0.2, 0.25) is 0 Å². The van der Waals surface area contributed by atoms with Gasteiger partial charge in [-0.2, -0.15) is 0 Å². The van der Waals surface area contributed by atoms with Crippen molar-refractivity contribution in [3.8, 4) is 0 Å². The van der Waals surface area contributed by atoms with Crippen LogP contribution in [0.5, 0.6) is 0 Å². The van der Waals surface area contributed by atoms with E-state index in [1.54, 1.807) is 0 Å². The zero-order valence-corrected chi connectivity index (χ0v) is 9.99. The Balaban J connectivity index is 2.23. The minimum Gasteiger partial charge on any atom is -0.322 e. The molecule has 2 aromatic carbocycles. The van der Waals surface area contributed by atoms with Crippen LogP contribution in [0.4, 0.5) is 18.9 Å². The molecule has 0 spiro atoms. The number of halogens is 3. The summed E-state index contributed by atoms with van der Waals surface area (Å²) in [6.07, 6.45) is 0.626. The van der Waals surface area contributed by atoms with Gasteiger partial charge >= 0.3 is 0 Å². The first-order valence-corrected chi connectivity index (χ1v) is 5.53. The summed E-state index contributed by atoms with van der Waals surface area (Å²) in [6.45, 7) is 0. The van der Waals surface area contributed by atoms with Gasteiger partial charge < -0.3 is 5.32 Å². The van der Waals surface area contributed by atoms with Crippen molar-refractivity contribution in [3.63, 3.8) is 0 Å². The molecule has 2 rings (SSSR count). The summed E-state index contributed by atoms with van der Waals surface area (Å²) in [7, 11) is 0. The van der Waals surface area contributed by atoms with E-state index in [4.69, 9.17) is 0 Å². The molecular weight excluding hydrogens is 271 g/mol. The van der Waals surface area contributed by atoms with Crippen LogP contribution in [-0.4, -0.2) is 12.2 Å². The minimum absolute atomic E-state index is 0.296. The van der Waals surface area contributed by atoms with Crippen LogP contribution in [0.15, 0.2) is 36.4 Å². The van der Waals surface area contributed by atoms with E-state index in [1.165, 1.54) is 24.3 Å². The second-order valence-electron chi connectivity index (χ2n) is 3.92. The van der Waals surface area contributed by atoms with Crippen LogP contribution in [0, 0.1) is 17.5 Å². The van der Waals surface area contributed by atoms with E-state index >= 15 is 0 Å². The molecule has 6 heteroatoms. The highest BCUT2D eigenvalue weighted by Crippen LogP contribution is 2.17. The Hall–Kier alpha value is -2.63. The van der Waals surface area contributed by atoms with Gasteiger partial charge in [0.1, 0.15) is 6.29 Å². The summed E-state index contributed by atoms with van der Waals surface area (Å²) in [4.78, 5) is 22.2. The number of aldehydes is 1. The maximum Gasteiger partial charge on any atom is 0.258 e. The fourth-order valence-electron chi connectivity index (χ4n) is 1.54. The average molecular weight is 279 g/mol. The van der Waals surface area contributed by atoms with Crippen LogP contribution in [0.25, 0.3) is 0 Å². The second kappa shape index (κ2) is 5.56. The molecule has 0 aliphatic carbocycles. The lowest BCUT2D eigenvalue weighted by Crippen LogP contribution is -2.15. The van der Waals surface area contributed by atoms with Gasteiger partial charge in [-0.15, -0.1) is 0 Å². The Labute approximate surface area is 112 Å². The number of amides is 1. The quantitative estimate of drug-likeness (QED) is 0.693. The van der Waals surface area contributed by atoms with Gasteiger partial charge in [-0.25, -0.2) is 13.2 Å². The van der Waals surface area contributed by atoms with Crippen molar-refractivity contribution in [2.75, 3.05) is 5.32 Å². The number of hydrogen-bond acceptors (Lipinski definition) is 2. The molecule has 2 aromatic rings. The van der Waals surface area contributed by atoms with Crippen molar-refractivity contribution in [2.45, 2.75) is 0 Å². The van der Waals surface area contributed by atoms with Crippen molar-refractivity contribution < 1.29 is 22.8 Å². The summed E-state index contributed by atoms with van der Waals surface area (Å²) in [6, 6.07) is 7.28. The lowest BCUT2D eigenvalue weighted by molar-refractivity contribution is 0.102. The Morgan fingerprint density at radius 3 is 2.20 bits per heavy atom. The van der Waals surface area contributed by atoms with Gasteiger partial charge in [0.05, 0.1) is 5.56 Å². The Kier molecular flexibility index (Phi) is 3.84. The molecule has 0 bridgehead atoms. The normalized spacial score (nSPS) is 10.2. The molecule has 0 unspecified atom stereocenters. The molecule has 0 aliphatic rings. The van der Waals surface area contributed by atoms with E-state index in [0.29, 0.717) is 23.6 Å². The van der Waals surface area contributed by atoms with Gasteiger partial charge in [0.15, 0.2) is 17.5 Å². The minimum atomic E-state index is -1.70. The number of nitrogens with one attached hydrogen (secondary N) is 1. The number of carbonyl (C=O) groups is 2. The molecule has 1 amide bonds. The zero-order valence-electron chi connectivity index (χ0n) is 9.99. The largest absolute Gasteiger partial charge is 0.322 e. The van der Waals surface area contributed by atoms with Crippen LogP contribution < -0.4 is 5.32 Å². The average Bonchev–Trinajstić information content (AvgIpc) is 2.45. The van der Waals surface area contributed by atoms with E-state index < -0.39 is 28.9 Å². The number of carbonyl (C=O) groups excluding carboxylic acids is 2. The SMILES string of the molecule is O=Cc1ccc(NC(=O)c2ccc(F)c(F)c2F)cc1. The van der Waals surface area contributed by atoms with Gasteiger partial charge in [0, 0.05) is 11.3 Å². The topological polar surface area (TPSA) is 46.2 Å². The van der Waals surface area contributed by atoms with Crippen molar-refractivity contribution >= 4 is 17.9 Å². The highest BCUT2D eigenvalue weighted by atomic mass is 19.2. The molecule has 0 aliphatic heterocycles. The fraction of sp³-hybridized carbons (Fsp3) is 0. The smallest absolute Gasteiger partial charge is 0.258 e. The predicted molar refractivity (Wildman–Crippen MR) is 66.1 cm³/mol.